The predicted octanol–water partition coefficient (Wildman–Crippen LogP) is 3.45. The van der Waals surface area contributed by atoms with Gasteiger partial charge in [-0.1, -0.05) is 11.8 Å². The largest absolute Gasteiger partial charge is 0.497 e. The quantitative estimate of drug-likeness (QED) is 0.549. The van der Waals surface area contributed by atoms with Crippen LogP contribution in [0.5, 0.6) is 5.75 Å². The number of ether oxygens (including phenoxy) is 2. The first-order valence-electron chi connectivity index (χ1n) is 10.5. The standard InChI is InChI=1S/C23H27N5O3S/c1-16(22(29)24-18-6-8-19(9-7-18)28-12-14-31-15-13-28)32-23-26-25-21(27(23)2)17-4-10-20(30-3)11-5-17/h4-11,16H,12-15H2,1-3H3,(H,24,29). The molecule has 4 rings (SSSR count). The average Bonchev–Trinajstić information content (AvgIpc) is 3.20. The third-order valence-electron chi connectivity index (χ3n) is 5.35. The van der Waals surface area contributed by atoms with Crippen LogP contribution in [-0.2, 0) is 16.6 Å². The Morgan fingerprint density at radius 3 is 2.44 bits per heavy atom. The van der Waals surface area contributed by atoms with Crippen LogP contribution < -0.4 is 15.0 Å². The van der Waals surface area contributed by atoms with Gasteiger partial charge in [-0.15, -0.1) is 10.2 Å². The Labute approximate surface area is 191 Å². The van der Waals surface area contributed by atoms with Gasteiger partial charge in [0.25, 0.3) is 0 Å². The van der Waals surface area contributed by atoms with E-state index in [1.54, 1.807) is 7.11 Å². The molecule has 1 atom stereocenters. The predicted molar refractivity (Wildman–Crippen MR) is 126 cm³/mol. The van der Waals surface area contributed by atoms with E-state index in [-0.39, 0.29) is 11.2 Å². The summed E-state index contributed by atoms with van der Waals surface area (Å²) in [5.74, 6) is 1.44. The first kappa shape index (κ1) is 22.2. The lowest BCUT2D eigenvalue weighted by molar-refractivity contribution is -0.115. The first-order valence-corrected chi connectivity index (χ1v) is 11.4. The molecule has 32 heavy (non-hydrogen) atoms. The molecule has 1 aliphatic rings. The molecule has 8 nitrogen and oxygen atoms in total. The van der Waals surface area contributed by atoms with E-state index in [9.17, 15) is 4.79 Å². The fourth-order valence-corrected chi connectivity index (χ4v) is 4.26. The van der Waals surface area contributed by atoms with Crippen molar-refractivity contribution in [2.75, 3.05) is 43.6 Å². The van der Waals surface area contributed by atoms with Crippen LogP contribution in [0.3, 0.4) is 0 Å². The number of amides is 1. The highest BCUT2D eigenvalue weighted by molar-refractivity contribution is 8.00. The SMILES string of the molecule is COc1ccc(-c2nnc(SC(C)C(=O)Nc3ccc(N4CCOCC4)cc3)n2C)cc1. The van der Waals surface area contributed by atoms with E-state index in [1.165, 1.54) is 11.8 Å². The lowest BCUT2D eigenvalue weighted by Gasteiger charge is -2.28. The van der Waals surface area contributed by atoms with Gasteiger partial charge in [-0.25, -0.2) is 0 Å². The maximum Gasteiger partial charge on any atom is 0.237 e. The Morgan fingerprint density at radius 2 is 1.78 bits per heavy atom. The zero-order chi connectivity index (χ0) is 22.5. The van der Waals surface area contributed by atoms with Gasteiger partial charge in [0, 0.05) is 37.1 Å². The smallest absolute Gasteiger partial charge is 0.237 e. The molecule has 0 radical (unpaired) electrons. The Bertz CT molecular complexity index is 1050. The van der Waals surface area contributed by atoms with Gasteiger partial charge < -0.3 is 24.3 Å². The molecule has 2 aromatic carbocycles. The fourth-order valence-electron chi connectivity index (χ4n) is 3.44. The number of morpholine rings is 1. The van der Waals surface area contributed by atoms with E-state index < -0.39 is 0 Å². The van der Waals surface area contributed by atoms with E-state index in [0.29, 0.717) is 5.16 Å². The number of benzene rings is 2. The first-order chi connectivity index (χ1) is 15.5. The topological polar surface area (TPSA) is 81.5 Å². The van der Waals surface area contributed by atoms with E-state index >= 15 is 0 Å². The van der Waals surface area contributed by atoms with Gasteiger partial charge in [0.2, 0.25) is 5.91 Å². The van der Waals surface area contributed by atoms with Gasteiger partial charge in [-0.3, -0.25) is 4.79 Å². The van der Waals surface area contributed by atoms with Crippen LogP contribution in [0.15, 0.2) is 53.7 Å². The zero-order valence-corrected chi connectivity index (χ0v) is 19.3. The molecule has 0 bridgehead atoms. The summed E-state index contributed by atoms with van der Waals surface area (Å²) in [4.78, 5) is 15.0. The number of aromatic nitrogens is 3. The summed E-state index contributed by atoms with van der Waals surface area (Å²) >= 11 is 1.38. The van der Waals surface area contributed by atoms with Crippen molar-refractivity contribution in [3.63, 3.8) is 0 Å². The molecule has 2 heterocycles. The molecule has 1 saturated heterocycles. The fraction of sp³-hybridized carbons (Fsp3) is 0.348. The minimum Gasteiger partial charge on any atom is -0.497 e. The number of anilines is 2. The van der Waals surface area contributed by atoms with E-state index in [4.69, 9.17) is 9.47 Å². The Balaban J connectivity index is 1.36. The summed E-state index contributed by atoms with van der Waals surface area (Å²) < 4.78 is 12.5. The molecule has 0 aliphatic carbocycles. The third kappa shape index (κ3) is 5.05. The van der Waals surface area contributed by atoms with Crippen LogP contribution in [0, 0.1) is 0 Å². The molecule has 1 aromatic heterocycles. The number of rotatable bonds is 7. The molecular weight excluding hydrogens is 426 g/mol. The molecule has 1 aliphatic heterocycles. The van der Waals surface area contributed by atoms with Gasteiger partial charge in [-0.2, -0.15) is 0 Å². The third-order valence-corrected chi connectivity index (χ3v) is 6.48. The van der Waals surface area contributed by atoms with Crippen molar-refractivity contribution in [3.8, 4) is 17.1 Å². The van der Waals surface area contributed by atoms with Gasteiger partial charge in [0.15, 0.2) is 11.0 Å². The molecule has 1 unspecified atom stereocenters. The molecule has 1 fully saturated rings. The van der Waals surface area contributed by atoms with Crippen molar-refractivity contribution in [1.82, 2.24) is 14.8 Å². The Morgan fingerprint density at radius 1 is 1.09 bits per heavy atom. The number of carbonyl (C=O) groups excluding carboxylic acids is 1. The highest BCUT2D eigenvalue weighted by Crippen LogP contribution is 2.27. The van der Waals surface area contributed by atoms with Crippen LogP contribution in [-0.4, -0.2) is 59.3 Å². The lowest BCUT2D eigenvalue weighted by Crippen LogP contribution is -2.36. The number of hydrogen-bond donors (Lipinski definition) is 1. The molecule has 1 N–H and O–H groups in total. The Kier molecular flexibility index (Phi) is 6.96. The van der Waals surface area contributed by atoms with Crippen LogP contribution in [0.25, 0.3) is 11.4 Å². The van der Waals surface area contributed by atoms with Crippen molar-refractivity contribution >= 4 is 29.0 Å². The summed E-state index contributed by atoms with van der Waals surface area (Å²) in [6.45, 7) is 5.12. The monoisotopic (exact) mass is 453 g/mol. The zero-order valence-electron chi connectivity index (χ0n) is 18.4. The van der Waals surface area contributed by atoms with Crippen LogP contribution in [0.1, 0.15) is 6.92 Å². The second kappa shape index (κ2) is 10.1. The normalized spacial score (nSPS) is 14.8. The van der Waals surface area contributed by atoms with Crippen molar-refractivity contribution in [2.45, 2.75) is 17.3 Å². The average molecular weight is 454 g/mol. The van der Waals surface area contributed by atoms with Crippen molar-refractivity contribution in [3.05, 3.63) is 48.5 Å². The summed E-state index contributed by atoms with van der Waals surface area (Å²) in [6.07, 6.45) is 0. The second-order valence-corrected chi connectivity index (χ2v) is 8.80. The molecule has 168 valence electrons. The summed E-state index contributed by atoms with van der Waals surface area (Å²) in [7, 11) is 3.54. The highest BCUT2D eigenvalue weighted by Gasteiger charge is 2.20. The second-order valence-electron chi connectivity index (χ2n) is 7.49. The number of thioether (sulfide) groups is 1. The van der Waals surface area contributed by atoms with Crippen LogP contribution >= 0.6 is 11.8 Å². The van der Waals surface area contributed by atoms with Crippen molar-refractivity contribution < 1.29 is 14.3 Å². The van der Waals surface area contributed by atoms with E-state index in [2.05, 4.69) is 20.4 Å². The van der Waals surface area contributed by atoms with E-state index in [0.717, 1.165) is 54.8 Å². The van der Waals surface area contributed by atoms with Crippen molar-refractivity contribution in [2.24, 2.45) is 7.05 Å². The van der Waals surface area contributed by atoms with Gasteiger partial charge in [-0.05, 0) is 55.5 Å². The molecule has 9 heteroatoms. The minimum absolute atomic E-state index is 0.0804. The number of carbonyl (C=O) groups is 1. The summed E-state index contributed by atoms with van der Waals surface area (Å²) in [5, 5.41) is 11.9. The summed E-state index contributed by atoms with van der Waals surface area (Å²) in [6, 6.07) is 15.6. The number of hydrogen-bond acceptors (Lipinski definition) is 7. The van der Waals surface area contributed by atoms with Gasteiger partial charge in [0.1, 0.15) is 5.75 Å². The molecule has 0 saturated carbocycles. The Hall–Kier alpha value is -3.04. The summed E-state index contributed by atoms with van der Waals surface area (Å²) in [5.41, 5.74) is 2.85. The van der Waals surface area contributed by atoms with Crippen molar-refractivity contribution in [1.29, 1.82) is 0 Å². The molecule has 1 amide bonds. The van der Waals surface area contributed by atoms with Crippen LogP contribution in [0.4, 0.5) is 11.4 Å². The maximum atomic E-state index is 12.7. The molecule has 0 spiro atoms. The number of methoxy groups -OCH3 is 1. The van der Waals surface area contributed by atoms with E-state index in [1.807, 2.05) is 67.1 Å². The van der Waals surface area contributed by atoms with Gasteiger partial charge in [0.05, 0.1) is 25.6 Å². The van der Waals surface area contributed by atoms with Crippen LogP contribution in [0.2, 0.25) is 0 Å². The minimum atomic E-state index is -0.333. The maximum absolute atomic E-state index is 12.7. The van der Waals surface area contributed by atoms with Gasteiger partial charge >= 0.3 is 0 Å². The highest BCUT2D eigenvalue weighted by atomic mass is 32.2. The lowest BCUT2D eigenvalue weighted by atomic mass is 10.2. The molecule has 3 aromatic rings. The molecular formula is C23H27N5O3S. The number of nitrogens with one attached hydrogen (secondary N) is 1. The number of nitrogens with zero attached hydrogens (tertiary/aromatic N) is 4.